The average molecular weight is 447 g/mol. The second-order valence-corrected chi connectivity index (χ2v) is 6.18. The fourth-order valence-electron chi connectivity index (χ4n) is 3.06. The molecular formula is C18H30IN3O2. The highest BCUT2D eigenvalue weighted by Crippen LogP contribution is 2.31. The molecule has 0 radical (unpaired) electrons. The lowest BCUT2D eigenvalue weighted by Crippen LogP contribution is -2.44. The van der Waals surface area contributed by atoms with Crippen LogP contribution in [0.5, 0.6) is 0 Å². The monoisotopic (exact) mass is 447 g/mol. The number of nitrogens with zero attached hydrogens (tertiary/aromatic N) is 1. The lowest BCUT2D eigenvalue weighted by molar-refractivity contribution is 0.127. The van der Waals surface area contributed by atoms with Crippen LogP contribution >= 0.6 is 24.0 Å². The van der Waals surface area contributed by atoms with Gasteiger partial charge in [0, 0.05) is 38.8 Å². The number of ether oxygens (including phenoxy) is 1. The van der Waals surface area contributed by atoms with Gasteiger partial charge in [0.1, 0.15) is 0 Å². The summed E-state index contributed by atoms with van der Waals surface area (Å²) in [6.45, 7) is 5.37. The second-order valence-electron chi connectivity index (χ2n) is 6.18. The van der Waals surface area contributed by atoms with Crippen molar-refractivity contribution in [1.82, 2.24) is 10.6 Å². The molecule has 1 heterocycles. The SMILES string of the molecule is CCc1ccccc1CNC(=NC)NCC1(CCO)CCOC1.I. The van der Waals surface area contributed by atoms with E-state index in [1.165, 1.54) is 11.1 Å². The highest BCUT2D eigenvalue weighted by molar-refractivity contribution is 14.0. The Kier molecular flexibility index (Phi) is 9.61. The Morgan fingerprint density at radius 3 is 2.62 bits per heavy atom. The van der Waals surface area contributed by atoms with Crippen molar-refractivity contribution in [3.8, 4) is 0 Å². The standard InChI is InChI=1S/C18H29N3O2.HI/c1-3-15-6-4-5-7-16(15)12-20-17(19-2)21-13-18(8-10-22)9-11-23-14-18;/h4-7,22H,3,8-14H2,1-2H3,(H2,19,20,21);1H. The van der Waals surface area contributed by atoms with Gasteiger partial charge in [-0.15, -0.1) is 24.0 Å². The fourth-order valence-corrected chi connectivity index (χ4v) is 3.06. The first kappa shape index (κ1) is 21.2. The van der Waals surface area contributed by atoms with Gasteiger partial charge in [0.25, 0.3) is 0 Å². The van der Waals surface area contributed by atoms with E-state index in [9.17, 15) is 5.11 Å². The maximum atomic E-state index is 9.29. The van der Waals surface area contributed by atoms with Crippen LogP contribution in [0.25, 0.3) is 0 Å². The van der Waals surface area contributed by atoms with Gasteiger partial charge in [-0.25, -0.2) is 0 Å². The van der Waals surface area contributed by atoms with Crippen molar-refractivity contribution < 1.29 is 9.84 Å². The van der Waals surface area contributed by atoms with Crippen LogP contribution in [0.15, 0.2) is 29.3 Å². The van der Waals surface area contributed by atoms with Crippen molar-refractivity contribution in [2.45, 2.75) is 32.7 Å². The molecule has 0 saturated carbocycles. The number of aryl methyl sites for hydroxylation is 1. The van der Waals surface area contributed by atoms with Crippen molar-refractivity contribution in [2.75, 3.05) is 33.4 Å². The van der Waals surface area contributed by atoms with Crippen LogP contribution in [-0.2, 0) is 17.7 Å². The number of rotatable bonds is 7. The predicted molar refractivity (Wildman–Crippen MR) is 109 cm³/mol. The molecule has 0 spiro atoms. The van der Waals surface area contributed by atoms with Crippen molar-refractivity contribution in [3.05, 3.63) is 35.4 Å². The number of halogens is 1. The van der Waals surface area contributed by atoms with Crippen molar-refractivity contribution >= 4 is 29.9 Å². The topological polar surface area (TPSA) is 65.9 Å². The molecule has 1 atom stereocenters. The van der Waals surface area contributed by atoms with Crippen LogP contribution in [0, 0.1) is 5.41 Å². The summed E-state index contributed by atoms with van der Waals surface area (Å²) in [6.07, 6.45) is 2.77. The Morgan fingerprint density at radius 1 is 1.29 bits per heavy atom. The maximum Gasteiger partial charge on any atom is 0.191 e. The van der Waals surface area contributed by atoms with Crippen LogP contribution in [0.4, 0.5) is 0 Å². The summed E-state index contributed by atoms with van der Waals surface area (Å²) in [6, 6.07) is 8.46. The quantitative estimate of drug-likeness (QED) is 0.341. The molecule has 1 aliphatic rings. The van der Waals surface area contributed by atoms with Crippen molar-refractivity contribution in [1.29, 1.82) is 0 Å². The van der Waals surface area contributed by atoms with Gasteiger partial charge < -0.3 is 20.5 Å². The van der Waals surface area contributed by atoms with E-state index in [0.717, 1.165) is 44.9 Å². The molecule has 1 fully saturated rings. The largest absolute Gasteiger partial charge is 0.396 e. The Bertz CT molecular complexity index is 517. The molecule has 0 aliphatic carbocycles. The Morgan fingerprint density at radius 2 is 2.04 bits per heavy atom. The number of guanidine groups is 1. The highest BCUT2D eigenvalue weighted by Gasteiger charge is 2.34. The number of aliphatic hydroxyl groups is 1. The molecule has 1 aromatic carbocycles. The molecule has 1 aromatic rings. The van der Waals surface area contributed by atoms with Crippen LogP contribution in [0.3, 0.4) is 0 Å². The number of aliphatic imine (C=N–C) groups is 1. The zero-order valence-electron chi connectivity index (χ0n) is 14.7. The van der Waals surface area contributed by atoms with Crippen molar-refractivity contribution in [2.24, 2.45) is 10.4 Å². The first-order chi connectivity index (χ1) is 11.2. The summed E-state index contributed by atoms with van der Waals surface area (Å²) in [5.41, 5.74) is 2.68. The average Bonchev–Trinajstić information content (AvgIpc) is 3.04. The molecule has 136 valence electrons. The predicted octanol–water partition coefficient (Wildman–Crippen LogP) is 2.32. The lowest BCUT2D eigenvalue weighted by Gasteiger charge is -2.27. The van der Waals surface area contributed by atoms with Crippen LogP contribution in [0.2, 0.25) is 0 Å². The fraction of sp³-hybridized carbons (Fsp3) is 0.611. The third kappa shape index (κ3) is 5.89. The summed E-state index contributed by atoms with van der Waals surface area (Å²) in [5.74, 6) is 0.792. The van der Waals surface area contributed by atoms with Crippen LogP contribution < -0.4 is 10.6 Å². The number of benzene rings is 1. The molecule has 0 amide bonds. The summed E-state index contributed by atoms with van der Waals surface area (Å²) >= 11 is 0. The van der Waals surface area contributed by atoms with Gasteiger partial charge in [0.2, 0.25) is 0 Å². The molecule has 3 N–H and O–H groups in total. The Balaban J connectivity index is 0.00000288. The molecule has 1 saturated heterocycles. The summed E-state index contributed by atoms with van der Waals surface area (Å²) < 4.78 is 5.53. The molecule has 0 bridgehead atoms. The summed E-state index contributed by atoms with van der Waals surface area (Å²) in [5, 5.41) is 16.1. The van der Waals surface area contributed by atoms with E-state index in [2.05, 4.69) is 46.8 Å². The molecule has 6 heteroatoms. The molecule has 1 aliphatic heterocycles. The van der Waals surface area contributed by atoms with Gasteiger partial charge in [-0.3, -0.25) is 4.99 Å². The first-order valence-corrected chi connectivity index (χ1v) is 8.43. The van der Waals surface area contributed by atoms with E-state index < -0.39 is 0 Å². The van der Waals surface area contributed by atoms with E-state index in [4.69, 9.17) is 4.74 Å². The van der Waals surface area contributed by atoms with E-state index in [0.29, 0.717) is 6.61 Å². The van der Waals surface area contributed by atoms with E-state index in [1.54, 1.807) is 7.05 Å². The third-order valence-corrected chi connectivity index (χ3v) is 4.63. The number of hydrogen-bond donors (Lipinski definition) is 3. The van der Waals surface area contributed by atoms with Gasteiger partial charge in [-0.2, -0.15) is 0 Å². The maximum absolute atomic E-state index is 9.29. The zero-order valence-corrected chi connectivity index (χ0v) is 17.0. The molecule has 24 heavy (non-hydrogen) atoms. The summed E-state index contributed by atoms with van der Waals surface area (Å²) in [7, 11) is 1.78. The second kappa shape index (κ2) is 10.9. The Hall–Kier alpha value is -0.860. The highest BCUT2D eigenvalue weighted by atomic mass is 127. The Labute approximate surface area is 162 Å². The van der Waals surface area contributed by atoms with Crippen molar-refractivity contribution in [3.63, 3.8) is 0 Å². The van der Waals surface area contributed by atoms with E-state index in [-0.39, 0.29) is 36.0 Å². The van der Waals surface area contributed by atoms with Crippen LogP contribution in [0.1, 0.15) is 30.9 Å². The van der Waals surface area contributed by atoms with Gasteiger partial charge >= 0.3 is 0 Å². The molecule has 5 nitrogen and oxygen atoms in total. The number of hydrogen-bond acceptors (Lipinski definition) is 3. The minimum absolute atomic E-state index is 0. The van der Waals surface area contributed by atoms with Gasteiger partial charge in [-0.05, 0) is 30.4 Å². The lowest BCUT2D eigenvalue weighted by atomic mass is 9.84. The molecule has 0 aromatic heterocycles. The minimum Gasteiger partial charge on any atom is -0.396 e. The zero-order chi connectivity index (χ0) is 16.5. The normalized spacial score (nSPS) is 20.5. The van der Waals surface area contributed by atoms with Crippen LogP contribution in [-0.4, -0.2) is 44.5 Å². The molecule has 2 rings (SSSR count). The molecule has 1 unspecified atom stereocenters. The number of nitrogens with one attached hydrogen (secondary N) is 2. The molecular weight excluding hydrogens is 417 g/mol. The minimum atomic E-state index is 0. The first-order valence-electron chi connectivity index (χ1n) is 8.43. The van der Waals surface area contributed by atoms with Gasteiger partial charge in [0.05, 0.1) is 6.61 Å². The smallest absolute Gasteiger partial charge is 0.191 e. The summed E-state index contributed by atoms with van der Waals surface area (Å²) in [4.78, 5) is 4.30. The third-order valence-electron chi connectivity index (χ3n) is 4.63. The van der Waals surface area contributed by atoms with E-state index in [1.807, 2.05) is 0 Å². The van der Waals surface area contributed by atoms with Gasteiger partial charge in [0.15, 0.2) is 5.96 Å². The number of aliphatic hydroxyl groups excluding tert-OH is 1. The van der Waals surface area contributed by atoms with Gasteiger partial charge in [-0.1, -0.05) is 31.2 Å². The van der Waals surface area contributed by atoms with E-state index >= 15 is 0 Å².